The third-order valence-electron chi connectivity index (χ3n) is 14.8. The fourth-order valence-electron chi connectivity index (χ4n) is 10.1. The maximum absolute atomic E-state index is 14.6. The molecule has 25 nitrogen and oxygen atoms in total. The first-order valence-corrected chi connectivity index (χ1v) is 26.4. The number of aliphatic hydroxyl groups excluding tert-OH is 7. The molecule has 3 saturated heterocycles. The zero-order valence-corrected chi connectivity index (χ0v) is 44.5. The number of rotatable bonds is 13. The van der Waals surface area contributed by atoms with E-state index in [4.69, 9.17) is 5.73 Å². The molecule has 7 amide bonds. The summed E-state index contributed by atoms with van der Waals surface area (Å²) in [6.07, 6.45) is -14.7. The lowest BCUT2D eigenvalue weighted by Gasteiger charge is -2.34. The number of aldehydes is 1. The molecule has 3 aliphatic heterocycles. The summed E-state index contributed by atoms with van der Waals surface area (Å²) in [5, 5.41) is 104. The molecular weight excluding hydrogens is 1050 g/mol. The molecule has 4 aromatic rings. The molecule has 15 atom stereocenters. The fraction of sp³-hybridized carbons (Fsp3) is 0.429. The number of hydrogen-bond acceptors (Lipinski definition) is 18. The molecule has 7 rings (SSSR count). The smallest absolute Gasteiger partial charge is 0.251 e. The van der Waals surface area contributed by atoms with Gasteiger partial charge in [-0.2, -0.15) is 0 Å². The lowest BCUT2D eigenvalue weighted by Crippen LogP contribution is -2.64. The predicted molar refractivity (Wildman–Crippen MR) is 289 cm³/mol. The Bertz CT molecular complexity index is 2900. The highest BCUT2D eigenvalue weighted by Gasteiger charge is 2.50. The number of nitrogens with one attached hydrogen (secondary N) is 6. The molecule has 3 aliphatic rings. The number of aromatic hydroxyl groups is 1. The van der Waals surface area contributed by atoms with Gasteiger partial charge in [-0.15, -0.1) is 0 Å². The van der Waals surface area contributed by atoms with Crippen molar-refractivity contribution in [2.24, 2.45) is 11.7 Å². The van der Waals surface area contributed by atoms with Crippen LogP contribution in [0.4, 0.5) is 0 Å². The van der Waals surface area contributed by atoms with Crippen LogP contribution in [0.2, 0.25) is 0 Å². The minimum atomic E-state index is -2.29. The quantitative estimate of drug-likeness (QED) is 0.0589. The van der Waals surface area contributed by atoms with E-state index in [0.29, 0.717) is 11.1 Å². The van der Waals surface area contributed by atoms with Crippen molar-refractivity contribution in [2.75, 3.05) is 26.2 Å². The Hall–Kier alpha value is -7.72. The summed E-state index contributed by atoms with van der Waals surface area (Å²) in [5.41, 5.74) is 9.55. The van der Waals surface area contributed by atoms with Gasteiger partial charge in [0, 0.05) is 56.1 Å². The molecule has 4 aromatic carbocycles. The van der Waals surface area contributed by atoms with Crippen molar-refractivity contribution in [2.45, 2.75) is 119 Å². The van der Waals surface area contributed by atoms with Gasteiger partial charge >= 0.3 is 0 Å². The van der Waals surface area contributed by atoms with Gasteiger partial charge in [0.2, 0.25) is 35.4 Å². The summed E-state index contributed by atoms with van der Waals surface area (Å²) in [7, 11) is 0. The maximum Gasteiger partial charge on any atom is 0.251 e. The Balaban J connectivity index is 1.24. The number of carbonyl (C=O) groups is 8. The highest BCUT2D eigenvalue weighted by Crippen LogP contribution is 2.29. The number of phenolic OH excluding ortho intramolecular Hbond substituents is 1. The van der Waals surface area contributed by atoms with Crippen molar-refractivity contribution in [1.29, 1.82) is 0 Å². The molecule has 0 aromatic heterocycles. The van der Waals surface area contributed by atoms with Gasteiger partial charge in [-0.3, -0.25) is 43.7 Å². The summed E-state index contributed by atoms with van der Waals surface area (Å²) in [4.78, 5) is 114. The molecular formula is C56H69N9O16. The van der Waals surface area contributed by atoms with E-state index in [9.17, 15) is 79.2 Å². The zero-order valence-electron chi connectivity index (χ0n) is 44.5. The Morgan fingerprint density at radius 2 is 1.19 bits per heavy atom. The van der Waals surface area contributed by atoms with E-state index in [1.54, 1.807) is 24.3 Å². The van der Waals surface area contributed by atoms with E-state index in [-0.39, 0.29) is 36.5 Å². The van der Waals surface area contributed by atoms with Crippen LogP contribution in [0, 0.1) is 5.92 Å². The minimum absolute atomic E-state index is 0.0287. The first kappa shape index (κ1) is 60.9. The van der Waals surface area contributed by atoms with Gasteiger partial charge < -0.3 is 83.0 Å². The highest BCUT2D eigenvalue weighted by atomic mass is 16.3. The van der Waals surface area contributed by atoms with Gasteiger partial charge in [-0.05, 0) is 65.9 Å². The molecule has 3 fully saturated rings. The molecule has 15 unspecified atom stereocenters. The lowest BCUT2D eigenvalue weighted by molar-refractivity contribution is -0.148. The summed E-state index contributed by atoms with van der Waals surface area (Å²) in [5.74, 6) is -9.05. The van der Waals surface area contributed by atoms with E-state index in [1.165, 1.54) is 31.2 Å². The number of carbonyl (C=O) groups excluding carboxylic acids is 8. The molecule has 25 heteroatoms. The van der Waals surface area contributed by atoms with Gasteiger partial charge in [0.25, 0.3) is 5.91 Å². The van der Waals surface area contributed by atoms with Crippen molar-refractivity contribution in [1.82, 2.24) is 41.7 Å². The van der Waals surface area contributed by atoms with Gasteiger partial charge in [0.15, 0.2) is 0 Å². The first-order valence-electron chi connectivity index (χ1n) is 26.4. The normalized spacial score (nSPS) is 27.7. The third-order valence-corrected chi connectivity index (χ3v) is 14.8. The Morgan fingerprint density at radius 3 is 1.73 bits per heavy atom. The monoisotopic (exact) mass is 1120 g/mol. The van der Waals surface area contributed by atoms with E-state index < -0.39 is 152 Å². The summed E-state index contributed by atoms with van der Waals surface area (Å²) in [6.45, 7) is 2.68. The summed E-state index contributed by atoms with van der Waals surface area (Å²) >= 11 is 0. The average Bonchev–Trinajstić information content (AvgIpc) is 4.03. The van der Waals surface area contributed by atoms with E-state index >= 15 is 0 Å². The number of aliphatic hydroxyl groups is 7. The van der Waals surface area contributed by atoms with Crippen LogP contribution in [0.25, 0.3) is 22.3 Å². The third kappa shape index (κ3) is 14.3. The topological polar surface area (TPSA) is 403 Å². The molecule has 434 valence electrons. The zero-order chi connectivity index (χ0) is 59.0. The van der Waals surface area contributed by atoms with Crippen LogP contribution in [-0.2, 0) is 28.8 Å². The molecule has 0 bridgehead atoms. The number of nitrogens with zero attached hydrogens (tertiary/aromatic N) is 2. The van der Waals surface area contributed by atoms with Gasteiger partial charge in [-0.1, -0.05) is 79.7 Å². The summed E-state index contributed by atoms with van der Waals surface area (Å²) in [6, 6.07) is 14.1. The van der Waals surface area contributed by atoms with E-state index in [1.807, 2.05) is 36.4 Å². The average molecular weight is 1120 g/mol. The number of hydrogen-bond donors (Lipinski definition) is 15. The Kier molecular flexibility index (Phi) is 20.1. The van der Waals surface area contributed by atoms with Crippen LogP contribution in [0.1, 0.15) is 66.0 Å². The molecule has 16 N–H and O–H groups in total. The van der Waals surface area contributed by atoms with Crippen molar-refractivity contribution < 1.29 is 79.2 Å². The fourth-order valence-corrected chi connectivity index (χ4v) is 10.1. The molecule has 3 heterocycles. The molecule has 0 radical (unpaired) electrons. The molecule has 0 saturated carbocycles. The van der Waals surface area contributed by atoms with Crippen LogP contribution in [0.5, 0.6) is 5.75 Å². The standard InChI is InChI=1S/C56H69N9O16/c1-27-24-65-45(46(27)72)54(79)63-49(58-21-20-57)41(71)23-39(59-50(75)36-14-12-34(13-15-36)33-10-8-32(9-11-33)31-6-4-30(26-66)5-7-31)51(76)60-42(28(2)67)55(80)64-25-38(70)22-40(64)52(77)62-44(53(78)61-43(29(3)68)56(65)81)48(74)47(73)35-16-18-37(69)19-17-35/h4-19,26-29,38-49,58,67-74H,20-25,57H2,1-3H3,(H,59,75)(H,60,76)(H,61,78)(H,62,77)(H,63,79). The largest absolute Gasteiger partial charge is 0.508 e. The van der Waals surface area contributed by atoms with Crippen LogP contribution in [-0.4, -0.2) is 204 Å². The van der Waals surface area contributed by atoms with Crippen molar-refractivity contribution >= 4 is 47.6 Å². The Labute approximate surface area is 465 Å². The minimum Gasteiger partial charge on any atom is -0.508 e. The molecule has 0 aliphatic carbocycles. The van der Waals surface area contributed by atoms with Crippen LogP contribution in [0.15, 0.2) is 97.1 Å². The summed E-state index contributed by atoms with van der Waals surface area (Å²) < 4.78 is 0. The number of phenols is 1. The predicted octanol–water partition coefficient (Wildman–Crippen LogP) is -3.13. The van der Waals surface area contributed by atoms with Crippen molar-refractivity contribution in [3.05, 3.63) is 114 Å². The van der Waals surface area contributed by atoms with Crippen LogP contribution < -0.4 is 37.6 Å². The van der Waals surface area contributed by atoms with Gasteiger partial charge in [0.1, 0.15) is 66.7 Å². The Morgan fingerprint density at radius 1 is 0.667 bits per heavy atom. The first-order chi connectivity index (χ1) is 38.5. The molecule has 81 heavy (non-hydrogen) atoms. The number of amides is 7. The van der Waals surface area contributed by atoms with E-state index in [0.717, 1.165) is 58.8 Å². The van der Waals surface area contributed by atoms with Crippen LogP contribution in [0.3, 0.4) is 0 Å². The number of benzene rings is 4. The van der Waals surface area contributed by atoms with E-state index in [2.05, 4.69) is 31.9 Å². The molecule has 0 spiro atoms. The van der Waals surface area contributed by atoms with Crippen molar-refractivity contribution in [3.63, 3.8) is 0 Å². The second-order valence-corrected chi connectivity index (χ2v) is 20.7. The lowest BCUT2D eigenvalue weighted by atomic mass is 9.96. The number of nitrogens with two attached hydrogens (primary N) is 1. The van der Waals surface area contributed by atoms with Crippen molar-refractivity contribution in [3.8, 4) is 28.0 Å². The second-order valence-electron chi connectivity index (χ2n) is 20.7. The second kappa shape index (κ2) is 26.7. The van der Waals surface area contributed by atoms with Gasteiger partial charge in [0.05, 0.1) is 30.5 Å². The highest BCUT2D eigenvalue weighted by molar-refractivity contribution is 6.00. The van der Waals surface area contributed by atoms with Gasteiger partial charge in [-0.25, -0.2) is 0 Å². The van der Waals surface area contributed by atoms with Crippen LogP contribution >= 0.6 is 0 Å². The number of fused-ring (bicyclic) bond motifs is 2. The maximum atomic E-state index is 14.6. The SMILES string of the molecule is CC(O)C1NC(=O)C(NC(=O)c2ccc(-c3ccc(-c4ccc(C=O)cc4)cc3)cc2)CC(O)C(NCCN)NC(=O)C2C(O)C(C)CN2C(=O)C(C(C)O)NC(=O)C(C(O)C(O)c2ccc(O)cc2)NC(=O)C2CC(O)CN2C1=O.